The number of imide groups is 1. The van der Waals surface area contributed by atoms with Crippen molar-refractivity contribution in [3.8, 4) is 11.5 Å². The van der Waals surface area contributed by atoms with E-state index in [4.69, 9.17) is 14.2 Å². The van der Waals surface area contributed by atoms with Crippen LogP contribution in [0.1, 0.15) is 32.8 Å². The molecular formula is C21H28N2O5. The van der Waals surface area contributed by atoms with E-state index >= 15 is 0 Å². The minimum absolute atomic E-state index is 0.0222. The van der Waals surface area contributed by atoms with Crippen LogP contribution in [-0.4, -0.2) is 67.7 Å². The van der Waals surface area contributed by atoms with Crippen molar-refractivity contribution < 1.29 is 23.8 Å². The van der Waals surface area contributed by atoms with Gasteiger partial charge in [0.2, 0.25) is 0 Å². The Kier molecular flexibility index (Phi) is 5.93. The Morgan fingerprint density at radius 2 is 1.68 bits per heavy atom. The highest BCUT2D eigenvalue weighted by Crippen LogP contribution is 2.37. The van der Waals surface area contributed by atoms with Crippen LogP contribution >= 0.6 is 0 Å². The molecule has 7 heteroatoms. The molecule has 1 aromatic carbocycles. The van der Waals surface area contributed by atoms with Crippen LogP contribution in [0.5, 0.6) is 11.5 Å². The zero-order valence-electron chi connectivity index (χ0n) is 17.2. The maximum atomic E-state index is 13.2. The van der Waals surface area contributed by atoms with Gasteiger partial charge in [0, 0.05) is 19.6 Å². The van der Waals surface area contributed by atoms with Crippen molar-refractivity contribution in [2.75, 3.05) is 33.9 Å². The molecule has 3 rings (SSSR count). The Morgan fingerprint density at radius 3 is 2.25 bits per heavy atom. The van der Waals surface area contributed by atoms with E-state index in [1.54, 1.807) is 32.4 Å². The van der Waals surface area contributed by atoms with Crippen LogP contribution in [0.25, 0.3) is 5.57 Å². The predicted octanol–water partition coefficient (Wildman–Crippen LogP) is 2.30. The SMILES string of the molecule is CCCN1C(=O)C(c2ccc(OC)c(OC)c2)=C(N2CC(C)OC(C)C2)C1=O. The van der Waals surface area contributed by atoms with Crippen molar-refractivity contribution in [2.45, 2.75) is 39.4 Å². The number of ether oxygens (including phenoxy) is 3. The van der Waals surface area contributed by atoms with Crippen LogP contribution in [0.2, 0.25) is 0 Å². The van der Waals surface area contributed by atoms with Crippen molar-refractivity contribution >= 4 is 17.4 Å². The van der Waals surface area contributed by atoms with Crippen LogP contribution in [0.15, 0.2) is 23.9 Å². The van der Waals surface area contributed by atoms with Gasteiger partial charge in [-0.05, 0) is 38.0 Å². The highest BCUT2D eigenvalue weighted by molar-refractivity contribution is 6.35. The van der Waals surface area contributed by atoms with Crippen LogP contribution < -0.4 is 9.47 Å². The van der Waals surface area contributed by atoms with E-state index in [0.717, 1.165) is 0 Å². The summed E-state index contributed by atoms with van der Waals surface area (Å²) in [6.07, 6.45) is 0.664. The van der Waals surface area contributed by atoms with Crippen LogP contribution in [0.4, 0.5) is 0 Å². The lowest BCUT2D eigenvalue weighted by molar-refractivity contribution is -0.138. The standard InChI is InChI=1S/C21H28N2O5/c1-6-9-23-20(24)18(15-7-8-16(26-4)17(10-15)27-5)19(21(23)25)22-11-13(2)28-14(3)12-22/h7-8,10,13-14H,6,9,11-12H2,1-5H3. The lowest BCUT2D eigenvalue weighted by atomic mass is 10.0. The molecule has 0 radical (unpaired) electrons. The lowest BCUT2D eigenvalue weighted by Gasteiger charge is -2.37. The normalized spacial score (nSPS) is 22.9. The van der Waals surface area contributed by atoms with Gasteiger partial charge >= 0.3 is 0 Å². The largest absolute Gasteiger partial charge is 0.493 e. The number of nitrogens with zero attached hydrogens (tertiary/aromatic N) is 2. The Bertz CT molecular complexity index is 794. The fraction of sp³-hybridized carbons (Fsp3) is 0.524. The third-order valence-electron chi connectivity index (χ3n) is 5.00. The molecule has 1 aromatic rings. The first-order valence-electron chi connectivity index (χ1n) is 9.64. The first-order valence-corrected chi connectivity index (χ1v) is 9.64. The average molecular weight is 388 g/mol. The van der Waals surface area contributed by atoms with Gasteiger partial charge in [0.1, 0.15) is 5.70 Å². The van der Waals surface area contributed by atoms with Crippen LogP contribution in [0, 0.1) is 0 Å². The second-order valence-corrected chi connectivity index (χ2v) is 7.22. The molecule has 0 aliphatic carbocycles. The van der Waals surface area contributed by atoms with Gasteiger partial charge in [-0.1, -0.05) is 13.0 Å². The van der Waals surface area contributed by atoms with Crippen molar-refractivity contribution in [1.29, 1.82) is 0 Å². The summed E-state index contributed by atoms with van der Waals surface area (Å²) in [5.74, 6) is 0.591. The molecule has 28 heavy (non-hydrogen) atoms. The van der Waals surface area contributed by atoms with E-state index in [9.17, 15) is 9.59 Å². The number of carbonyl (C=O) groups excluding carboxylic acids is 2. The molecule has 2 aliphatic rings. The summed E-state index contributed by atoms with van der Waals surface area (Å²) in [4.78, 5) is 29.7. The van der Waals surface area contributed by atoms with Crippen molar-refractivity contribution in [3.63, 3.8) is 0 Å². The summed E-state index contributed by atoms with van der Waals surface area (Å²) in [5, 5.41) is 0. The van der Waals surface area contributed by atoms with Crippen LogP contribution in [0.3, 0.4) is 0 Å². The topological polar surface area (TPSA) is 68.3 Å². The average Bonchev–Trinajstić information content (AvgIpc) is 2.91. The maximum Gasteiger partial charge on any atom is 0.277 e. The second-order valence-electron chi connectivity index (χ2n) is 7.22. The Labute approximate surface area is 165 Å². The number of benzene rings is 1. The van der Waals surface area contributed by atoms with E-state index in [2.05, 4.69) is 0 Å². The van der Waals surface area contributed by atoms with Crippen molar-refractivity contribution in [1.82, 2.24) is 9.80 Å². The molecule has 0 spiro atoms. The first kappa shape index (κ1) is 20.2. The quantitative estimate of drug-likeness (QED) is 0.697. The zero-order valence-corrected chi connectivity index (χ0v) is 17.2. The zero-order chi connectivity index (χ0) is 20.4. The number of carbonyl (C=O) groups is 2. The number of methoxy groups -OCH3 is 2. The van der Waals surface area contributed by atoms with Gasteiger partial charge in [0.15, 0.2) is 11.5 Å². The molecule has 0 saturated carbocycles. The number of hydrogen-bond acceptors (Lipinski definition) is 6. The maximum absolute atomic E-state index is 13.2. The van der Waals surface area contributed by atoms with Gasteiger partial charge in [0.25, 0.3) is 11.8 Å². The van der Waals surface area contributed by atoms with Gasteiger partial charge in [-0.15, -0.1) is 0 Å². The fourth-order valence-electron chi connectivity index (χ4n) is 3.90. The van der Waals surface area contributed by atoms with E-state index in [1.165, 1.54) is 4.90 Å². The molecule has 2 heterocycles. The molecule has 0 aromatic heterocycles. The molecular weight excluding hydrogens is 360 g/mol. The molecule has 2 atom stereocenters. The second kappa shape index (κ2) is 8.22. The molecule has 152 valence electrons. The number of hydrogen-bond donors (Lipinski definition) is 0. The Morgan fingerprint density at radius 1 is 1.04 bits per heavy atom. The third kappa shape index (κ3) is 3.58. The van der Waals surface area contributed by atoms with Gasteiger partial charge in [-0.25, -0.2) is 0 Å². The first-order chi connectivity index (χ1) is 13.4. The summed E-state index contributed by atoms with van der Waals surface area (Å²) in [6, 6.07) is 5.30. The van der Waals surface area contributed by atoms with Crippen molar-refractivity contribution in [2.24, 2.45) is 0 Å². The number of morpholine rings is 1. The molecule has 2 aliphatic heterocycles. The van der Waals surface area contributed by atoms with E-state index in [1.807, 2.05) is 25.7 Å². The van der Waals surface area contributed by atoms with Gasteiger partial charge in [-0.2, -0.15) is 0 Å². The smallest absolute Gasteiger partial charge is 0.277 e. The van der Waals surface area contributed by atoms with E-state index in [-0.39, 0.29) is 24.0 Å². The number of rotatable bonds is 6. The van der Waals surface area contributed by atoms with Gasteiger partial charge in [0.05, 0.1) is 32.0 Å². The van der Waals surface area contributed by atoms with E-state index < -0.39 is 0 Å². The molecule has 1 saturated heterocycles. The molecule has 0 bridgehead atoms. The molecule has 2 unspecified atom stereocenters. The minimum atomic E-state index is -0.263. The molecule has 2 amide bonds. The summed E-state index contributed by atoms with van der Waals surface area (Å²) < 4.78 is 16.5. The van der Waals surface area contributed by atoms with Crippen molar-refractivity contribution in [3.05, 3.63) is 29.5 Å². The van der Waals surface area contributed by atoms with E-state index in [0.29, 0.717) is 54.4 Å². The summed E-state index contributed by atoms with van der Waals surface area (Å²) >= 11 is 0. The van der Waals surface area contributed by atoms with Gasteiger partial charge in [-0.3, -0.25) is 14.5 Å². The monoisotopic (exact) mass is 388 g/mol. The molecule has 7 nitrogen and oxygen atoms in total. The molecule has 0 N–H and O–H groups in total. The predicted molar refractivity (Wildman–Crippen MR) is 105 cm³/mol. The summed E-state index contributed by atoms with van der Waals surface area (Å²) in [7, 11) is 3.11. The third-order valence-corrected chi connectivity index (χ3v) is 5.00. The minimum Gasteiger partial charge on any atom is -0.493 e. The molecule has 1 fully saturated rings. The highest BCUT2D eigenvalue weighted by Gasteiger charge is 2.42. The fourth-order valence-corrected chi connectivity index (χ4v) is 3.90. The summed E-state index contributed by atoms with van der Waals surface area (Å²) in [5.41, 5.74) is 1.52. The van der Waals surface area contributed by atoms with Gasteiger partial charge < -0.3 is 19.1 Å². The highest BCUT2D eigenvalue weighted by atomic mass is 16.5. The Hall–Kier alpha value is -2.54. The van der Waals surface area contributed by atoms with Crippen LogP contribution in [-0.2, 0) is 14.3 Å². The lowest BCUT2D eigenvalue weighted by Crippen LogP contribution is -2.47. The number of amides is 2. The Balaban J connectivity index is 2.12. The summed E-state index contributed by atoms with van der Waals surface area (Å²) in [6.45, 7) is 7.43.